The van der Waals surface area contributed by atoms with Crippen LogP contribution >= 0.6 is 0 Å². The third-order valence-corrected chi connectivity index (χ3v) is 1.99. The Morgan fingerprint density at radius 1 is 1.39 bits per heavy atom. The number of nitrogen functional groups attached to an aromatic ring is 1. The van der Waals surface area contributed by atoms with E-state index in [0.29, 0.717) is 0 Å². The minimum Gasteiger partial charge on any atom is -0.476 e. The Bertz CT molecular complexity index is 435. The van der Waals surface area contributed by atoms with Crippen molar-refractivity contribution in [2.45, 2.75) is 19.0 Å². The Morgan fingerprint density at radius 3 is 2.61 bits per heavy atom. The van der Waals surface area contributed by atoms with Gasteiger partial charge in [0.05, 0.1) is 12.3 Å². The molecule has 0 saturated heterocycles. The lowest BCUT2D eigenvalue weighted by molar-refractivity contribution is -0.136. The van der Waals surface area contributed by atoms with E-state index in [9.17, 15) is 18.0 Å². The van der Waals surface area contributed by atoms with Gasteiger partial charge in [-0.25, -0.2) is 4.98 Å². The Balaban J connectivity index is 2.56. The maximum absolute atomic E-state index is 11.9. The van der Waals surface area contributed by atoms with Gasteiger partial charge in [0.25, 0.3) is 5.91 Å². The molecule has 100 valence electrons. The largest absolute Gasteiger partial charge is 0.476 e. The van der Waals surface area contributed by atoms with E-state index in [4.69, 9.17) is 16.2 Å². The standard InChI is InChI=1S/C10H12F3N3O2/c11-10(12,13)4-1-5-18-9-6(14)2-3-7(16-9)8(15)17/h2-3H,1,4-5,14H2,(H2,15,17). The number of rotatable bonds is 5. The highest BCUT2D eigenvalue weighted by Gasteiger charge is 2.26. The third kappa shape index (κ3) is 4.48. The molecule has 1 heterocycles. The number of nitrogens with zero attached hydrogens (tertiary/aromatic N) is 1. The second-order valence-corrected chi connectivity index (χ2v) is 3.52. The van der Waals surface area contributed by atoms with Gasteiger partial charge in [0, 0.05) is 6.42 Å². The number of nitrogens with two attached hydrogens (primary N) is 2. The first-order chi connectivity index (χ1) is 8.29. The van der Waals surface area contributed by atoms with Crippen molar-refractivity contribution in [3.8, 4) is 5.88 Å². The molecule has 0 radical (unpaired) electrons. The van der Waals surface area contributed by atoms with Crippen LogP contribution in [0.25, 0.3) is 0 Å². The van der Waals surface area contributed by atoms with E-state index in [1.807, 2.05) is 0 Å². The SMILES string of the molecule is NC(=O)c1ccc(N)c(OCCCC(F)(F)F)n1. The third-order valence-electron chi connectivity index (χ3n) is 1.99. The molecule has 0 bridgehead atoms. The van der Waals surface area contributed by atoms with Crippen molar-refractivity contribution >= 4 is 11.6 Å². The zero-order valence-electron chi connectivity index (χ0n) is 9.33. The fraction of sp³-hybridized carbons (Fsp3) is 0.400. The lowest BCUT2D eigenvalue weighted by atomic mass is 10.3. The summed E-state index contributed by atoms with van der Waals surface area (Å²) in [5.41, 5.74) is 10.6. The van der Waals surface area contributed by atoms with Crippen LogP contribution in [-0.2, 0) is 0 Å². The summed E-state index contributed by atoms with van der Waals surface area (Å²) in [4.78, 5) is 14.5. The Hall–Kier alpha value is -1.99. The lowest BCUT2D eigenvalue weighted by Crippen LogP contribution is -2.15. The van der Waals surface area contributed by atoms with E-state index in [0.717, 1.165) is 0 Å². The minimum absolute atomic E-state index is 0.0602. The molecule has 18 heavy (non-hydrogen) atoms. The highest BCUT2D eigenvalue weighted by Crippen LogP contribution is 2.22. The molecule has 5 nitrogen and oxygen atoms in total. The predicted molar refractivity (Wildman–Crippen MR) is 58.0 cm³/mol. The molecule has 0 aromatic carbocycles. The molecule has 1 rings (SSSR count). The van der Waals surface area contributed by atoms with Gasteiger partial charge in [-0.3, -0.25) is 4.79 Å². The molecule has 0 aliphatic rings. The fourth-order valence-electron chi connectivity index (χ4n) is 1.15. The first-order valence-corrected chi connectivity index (χ1v) is 5.05. The van der Waals surface area contributed by atoms with Gasteiger partial charge < -0.3 is 16.2 Å². The molecular weight excluding hydrogens is 251 g/mol. The molecule has 1 aromatic heterocycles. The number of ether oxygens (including phenoxy) is 1. The molecule has 0 aliphatic carbocycles. The number of halogens is 3. The van der Waals surface area contributed by atoms with Crippen LogP contribution in [0.5, 0.6) is 5.88 Å². The molecule has 0 saturated carbocycles. The van der Waals surface area contributed by atoms with Crippen molar-refractivity contribution in [2.75, 3.05) is 12.3 Å². The van der Waals surface area contributed by atoms with Gasteiger partial charge in [-0.05, 0) is 18.6 Å². The molecule has 0 spiro atoms. The second-order valence-electron chi connectivity index (χ2n) is 3.52. The quantitative estimate of drug-likeness (QED) is 0.787. The number of aromatic nitrogens is 1. The average Bonchev–Trinajstić information content (AvgIpc) is 2.24. The van der Waals surface area contributed by atoms with Gasteiger partial charge in [0.15, 0.2) is 0 Å². The van der Waals surface area contributed by atoms with Crippen LogP contribution in [0, 0.1) is 0 Å². The Labute approximate surface area is 101 Å². The van der Waals surface area contributed by atoms with E-state index in [1.54, 1.807) is 0 Å². The summed E-state index contributed by atoms with van der Waals surface area (Å²) in [7, 11) is 0. The monoisotopic (exact) mass is 263 g/mol. The van der Waals surface area contributed by atoms with Crippen LogP contribution in [0.4, 0.5) is 18.9 Å². The van der Waals surface area contributed by atoms with E-state index >= 15 is 0 Å². The summed E-state index contributed by atoms with van der Waals surface area (Å²) in [6.07, 6.45) is -5.40. The smallest absolute Gasteiger partial charge is 0.389 e. The molecule has 1 amide bonds. The van der Waals surface area contributed by atoms with Crippen molar-refractivity contribution in [3.05, 3.63) is 17.8 Å². The molecule has 0 fully saturated rings. The van der Waals surface area contributed by atoms with Crippen molar-refractivity contribution < 1.29 is 22.7 Å². The Morgan fingerprint density at radius 2 is 2.06 bits per heavy atom. The number of carbonyl (C=O) groups excluding carboxylic acids is 1. The van der Waals surface area contributed by atoms with Gasteiger partial charge in [-0.15, -0.1) is 0 Å². The van der Waals surface area contributed by atoms with Crippen LogP contribution in [0.3, 0.4) is 0 Å². The summed E-state index contributed by atoms with van der Waals surface area (Å²) in [6, 6.07) is 2.66. The zero-order valence-corrected chi connectivity index (χ0v) is 9.33. The van der Waals surface area contributed by atoms with Gasteiger partial charge in [0.1, 0.15) is 5.69 Å². The number of anilines is 1. The number of alkyl halides is 3. The minimum atomic E-state index is -4.22. The van der Waals surface area contributed by atoms with Crippen molar-refractivity contribution in [1.29, 1.82) is 0 Å². The molecule has 1 aromatic rings. The first kappa shape index (κ1) is 14.1. The van der Waals surface area contributed by atoms with Crippen LogP contribution < -0.4 is 16.2 Å². The Kier molecular flexibility index (Phi) is 4.35. The maximum Gasteiger partial charge on any atom is 0.389 e. The van der Waals surface area contributed by atoms with E-state index in [-0.39, 0.29) is 30.3 Å². The summed E-state index contributed by atoms with van der Waals surface area (Å²) < 4.78 is 40.6. The summed E-state index contributed by atoms with van der Waals surface area (Å²) >= 11 is 0. The number of primary amides is 1. The number of amides is 1. The normalized spacial score (nSPS) is 11.3. The topological polar surface area (TPSA) is 91.2 Å². The van der Waals surface area contributed by atoms with Crippen molar-refractivity contribution in [3.63, 3.8) is 0 Å². The fourth-order valence-corrected chi connectivity index (χ4v) is 1.15. The second kappa shape index (κ2) is 5.56. The first-order valence-electron chi connectivity index (χ1n) is 5.05. The van der Waals surface area contributed by atoms with Gasteiger partial charge in [-0.1, -0.05) is 0 Å². The van der Waals surface area contributed by atoms with Gasteiger partial charge in [0.2, 0.25) is 5.88 Å². The van der Waals surface area contributed by atoms with Crippen LogP contribution in [0.1, 0.15) is 23.3 Å². The maximum atomic E-state index is 11.9. The summed E-state index contributed by atoms with van der Waals surface area (Å²) in [6.45, 7) is -0.196. The van der Waals surface area contributed by atoms with Crippen LogP contribution in [-0.4, -0.2) is 23.7 Å². The predicted octanol–water partition coefficient (Wildman–Crippen LogP) is 1.48. The van der Waals surface area contributed by atoms with Gasteiger partial charge >= 0.3 is 6.18 Å². The van der Waals surface area contributed by atoms with Gasteiger partial charge in [-0.2, -0.15) is 13.2 Å². The average molecular weight is 263 g/mol. The van der Waals surface area contributed by atoms with Crippen molar-refractivity contribution in [1.82, 2.24) is 4.98 Å². The molecular formula is C10H12F3N3O2. The van der Waals surface area contributed by atoms with Crippen LogP contribution in [0.15, 0.2) is 12.1 Å². The summed E-state index contributed by atoms with van der Waals surface area (Å²) in [5.74, 6) is -0.858. The lowest BCUT2D eigenvalue weighted by Gasteiger charge is -2.09. The highest BCUT2D eigenvalue weighted by molar-refractivity contribution is 5.91. The number of hydrogen-bond donors (Lipinski definition) is 2. The molecule has 0 unspecified atom stereocenters. The van der Waals surface area contributed by atoms with E-state index in [1.165, 1.54) is 12.1 Å². The number of pyridine rings is 1. The molecule has 0 aliphatic heterocycles. The van der Waals surface area contributed by atoms with Crippen molar-refractivity contribution in [2.24, 2.45) is 5.73 Å². The summed E-state index contributed by atoms with van der Waals surface area (Å²) in [5, 5.41) is 0. The van der Waals surface area contributed by atoms with E-state index < -0.39 is 18.5 Å². The molecule has 0 atom stereocenters. The number of carbonyl (C=O) groups is 1. The van der Waals surface area contributed by atoms with E-state index in [2.05, 4.69) is 4.98 Å². The zero-order chi connectivity index (χ0) is 13.8. The molecule has 8 heteroatoms. The number of hydrogen-bond acceptors (Lipinski definition) is 4. The highest BCUT2D eigenvalue weighted by atomic mass is 19.4. The molecule has 4 N–H and O–H groups in total. The van der Waals surface area contributed by atoms with Crippen LogP contribution in [0.2, 0.25) is 0 Å².